The summed E-state index contributed by atoms with van der Waals surface area (Å²) in [6.07, 6.45) is 0.682. The quantitative estimate of drug-likeness (QED) is 0.874. The van der Waals surface area contributed by atoms with Crippen LogP contribution < -0.4 is 10.1 Å². The van der Waals surface area contributed by atoms with Crippen molar-refractivity contribution in [1.29, 1.82) is 0 Å². The second-order valence-corrected chi connectivity index (χ2v) is 4.52. The van der Waals surface area contributed by atoms with Crippen LogP contribution in [0.5, 0.6) is 5.75 Å². The number of hydrogen-bond donors (Lipinski definition) is 2. The standard InChI is InChI=1S/C12H16BrNO3/c1-3-9(7-15)14-12(16)10-5-4-8(13)6-11(10)17-2/h4-6,9,15H,3,7H2,1-2H3,(H,14,16)/t9-/m0/s1. The zero-order valence-electron chi connectivity index (χ0n) is 9.87. The molecule has 0 heterocycles. The van der Waals surface area contributed by atoms with Crippen molar-refractivity contribution in [3.8, 4) is 5.75 Å². The molecular formula is C12H16BrNO3. The van der Waals surface area contributed by atoms with Gasteiger partial charge in [-0.1, -0.05) is 22.9 Å². The van der Waals surface area contributed by atoms with Crippen molar-refractivity contribution in [3.63, 3.8) is 0 Å². The number of rotatable bonds is 5. The van der Waals surface area contributed by atoms with Gasteiger partial charge >= 0.3 is 0 Å². The minimum atomic E-state index is -0.241. The highest BCUT2D eigenvalue weighted by atomic mass is 79.9. The fourth-order valence-electron chi connectivity index (χ4n) is 1.39. The van der Waals surface area contributed by atoms with Crippen LogP contribution in [0.25, 0.3) is 0 Å². The number of halogens is 1. The number of aliphatic hydroxyl groups excluding tert-OH is 1. The van der Waals surface area contributed by atoms with E-state index < -0.39 is 0 Å². The maximum Gasteiger partial charge on any atom is 0.255 e. The molecule has 0 aliphatic rings. The summed E-state index contributed by atoms with van der Waals surface area (Å²) in [5.74, 6) is 0.264. The van der Waals surface area contributed by atoms with Gasteiger partial charge in [-0.15, -0.1) is 0 Å². The monoisotopic (exact) mass is 301 g/mol. The highest BCUT2D eigenvalue weighted by Gasteiger charge is 2.15. The molecule has 1 aromatic carbocycles. The van der Waals surface area contributed by atoms with Crippen molar-refractivity contribution >= 4 is 21.8 Å². The number of amides is 1. The third-order valence-corrected chi connectivity index (χ3v) is 2.95. The smallest absolute Gasteiger partial charge is 0.255 e. The second-order valence-electron chi connectivity index (χ2n) is 3.61. The van der Waals surface area contributed by atoms with E-state index in [1.165, 1.54) is 7.11 Å². The van der Waals surface area contributed by atoms with E-state index in [9.17, 15) is 4.79 Å². The second kappa shape index (κ2) is 6.61. The molecule has 94 valence electrons. The molecule has 5 heteroatoms. The summed E-state index contributed by atoms with van der Waals surface area (Å²) < 4.78 is 5.99. The van der Waals surface area contributed by atoms with Gasteiger partial charge in [0.05, 0.1) is 25.3 Å². The molecule has 1 rings (SSSR count). The fraction of sp³-hybridized carbons (Fsp3) is 0.417. The van der Waals surface area contributed by atoms with Crippen LogP contribution in [0.15, 0.2) is 22.7 Å². The number of hydrogen-bond acceptors (Lipinski definition) is 3. The summed E-state index contributed by atoms with van der Waals surface area (Å²) in [7, 11) is 1.52. The molecule has 0 aliphatic heterocycles. The first-order valence-electron chi connectivity index (χ1n) is 5.37. The Hall–Kier alpha value is -1.07. The summed E-state index contributed by atoms with van der Waals surface area (Å²) in [4.78, 5) is 11.9. The van der Waals surface area contributed by atoms with Crippen molar-refractivity contribution in [3.05, 3.63) is 28.2 Å². The van der Waals surface area contributed by atoms with Gasteiger partial charge in [-0.25, -0.2) is 0 Å². The maximum atomic E-state index is 11.9. The normalized spacial score (nSPS) is 12.0. The van der Waals surface area contributed by atoms with E-state index in [0.29, 0.717) is 17.7 Å². The molecule has 0 bridgehead atoms. The Labute approximate surface area is 109 Å². The fourth-order valence-corrected chi connectivity index (χ4v) is 1.73. The highest BCUT2D eigenvalue weighted by molar-refractivity contribution is 9.10. The van der Waals surface area contributed by atoms with Gasteiger partial charge in [-0.3, -0.25) is 4.79 Å². The summed E-state index contributed by atoms with van der Waals surface area (Å²) in [5, 5.41) is 11.8. The third-order valence-electron chi connectivity index (χ3n) is 2.46. The molecule has 4 nitrogen and oxygen atoms in total. The maximum absolute atomic E-state index is 11.9. The van der Waals surface area contributed by atoms with Crippen LogP contribution >= 0.6 is 15.9 Å². The molecule has 2 N–H and O–H groups in total. The van der Waals surface area contributed by atoms with E-state index >= 15 is 0 Å². The van der Waals surface area contributed by atoms with Crippen molar-refractivity contribution in [2.45, 2.75) is 19.4 Å². The van der Waals surface area contributed by atoms with Gasteiger partial charge < -0.3 is 15.2 Å². The number of nitrogens with one attached hydrogen (secondary N) is 1. The van der Waals surface area contributed by atoms with E-state index in [0.717, 1.165) is 4.47 Å². The molecule has 1 amide bonds. The predicted molar refractivity (Wildman–Crippen MR) is 69.3 cm³/mol. The van der Waals surface area contributed by atoms with Crippen LogP contribution in [0.2, 0.25) is 0 Å². The van der Waals surface area contributed by atoms with Crippen molar-refractivity contribution in [2.24, 2.45) is 0 Å². The molecule has 0 aromatic heterocycles. The molecule has 1 aromatic rings. The Kier molecular flexibility index (Phi) is 5.44. The molecule has 0 saturated heterocycles. The molecule has 0 radical (unpaired) electrons. The van der Waals surface area contributed by atoms with Crippen LogP contribution in [0.4, 0.5) is 0 Å². The molecular weight excluding hydrogens is 286 g/mol. The molecule has 0 spiro atoms. The number of carbonyl (C=O) groups is 1. The minimum Gasteiger partial charge on any atom is -0.496 e. The van der Waals surface area contributed by atoms with Crippen LogP contribution in [-0.4, -0.2) is 30.8 Å². The van der Waals surface area contributed by atoms with Gasteiger partial charge in [0.25, 0.3) is 5.91 Å². The number of benzene rings is 1. The zero-order chi connectivity index (χ0) is 12.8. The number of ether oxygens (including phenoxy) is 1. The van der Waals surface area contributed by atoms with E-state index in [1.807, 2.05) is 6.92 Å². The van der Waals surface area contributed by atoms with Crippen molar-refractivity contribution in [1.82, 2.24) is 5.32 Å². The van der Waals surface area contributed by atoms with Gasteiger partial charge in [0, 0.05) is 4.47 Å². The van der Waals surface area contributed by atoms with Gasteiger partial charge in [0.1, 0.15) is 5.75 Å². The third kappa shape index (κ3) is 3.71. The lowest BCUT2D eigenvalue weighted by molar-refractivity contribution is 0.0912. The van der Waals surface area contributed by atoms with Crippen LogP contribution in [-0.2, 0) is 0 Å². The largest absolute Gasteiger partial charge is 0.496 e. The minimum absolute atomic E-state index is 0.0684. The Morgan fingerprint density at radius 3 is 2.82 bits per heavy atom. The summed E-state index contributed by atoms with van der Waals surface area (Å²) >= 11 is 3.31. The van der Waals surface area contributed by atoms with E-state index in [-0.39, 0.29) is 18.6 Å². The first-order chi connectivity index (χ1) is 8.12. The summed E-state index contributed by atoms with van der Waals surface area (Å²) in [6.45, 7) is 1.83. The molecule has 17 heavy (non-hydrogen) atoms. The van der Waals surface area contributed by atoms with Gasteiger partial charge in [-0.2, -0.15) is 0 Å². The molecule has 0 unspecified atom stereocenters. The lowest BCUT2D eigenvalue weighted by Crippen LogP contribution is -2.37. The summed E-state index contributed by atoms with van der Waals surface area (Å²) in [6, 6.07) is 4.96. The number of carbonyl (C=O) groups excluding carboxylic acids is 1. The van der Waals surface area contributed by atoms with E-state index in [4.69, 9.17) is 9.84 Å². The van der Waals surface area contributed by atoms with Crippen LogP contribution in [0.1, 0.15) is 23.7 Å². The molecule has 0 aliphatic carbocycles. The Bertz CT molecular complexity index is 391. The lowest BCUT2D eigenvalue weighted by atomic mass is 10.1. The van der Waals surface area contributed by atoms with Crippen molar-refractivity contribution < 1.29 is 14.6 Å². The Morgan fingerprint density at radius 2 is 2.29 bits per heavy atom. The predicted octanol–water partition coefficient (Wildman–Crippen LogP) is 1.96. The average molecular weight is 302 g/mol. The average Bonchev–Trinajstić information content (AvgIpc) is 2.35. The topological polar surface area (TPSA) is 58.6 Å². The van der Waals surface area contributed by atoms with Gasteiger partial charge in [0.2, 0.25) is 0 Å². The Morgan fingerprint density at radius 1 is 1.59 bits per heavy atom. The van der Waals surface area contributed by atoms with Crippen LogP contribution in [0, 0.1) is 0 Å². The van der Waals surface area contributed by atoms with Crippen LogP contribution in [0.3, 0.4) is 0 Å². The van der Waals surface area contributed by atoms with E-state index in [2.05, 4.69) is 21.2 Å². The number of aliphatic hydroxyl groups is 1. The first kappa shape index (κ1) is 14.0. The highest BCUT2D eigenvalue weighted by Crippen LogP contribution is 2.23. The summed E-state index contributed by atoms with van der Waals surface area (Å²) in [5.41, 5.74) is 0.461. The first-order valence-corrected chi connectivity index (χ1v) is 6.17. The zero-order valence-corrected chi connectivity index (χ0v) is 11.5. The molecule has 0 fully saturated rings. The number of methoxy groups -OCH3 is 1. The Balaban J connectivity index is 2.88. The lowest BCUT2D eigenvalue weighted by Gasteiger charge is -2.15. The molecule has 1 atom stereocenters. The SMILES string of the molecule is CC[C@@H](CO)NC(=O)c1ccc(Br)cc1OC. The van der Waals surface area contributed by atoms with Gasteiger partial charge in [0.15, 0.2) is 0 Å². The van der Waals surface area contributed by atoms with Crippen molar-refractivity contribution in [2.75, 3.05) is 13.7 Å². The molecule has 0 saturated carbocycles. The van der Waals surface area contributed by atoms with Gasteiger partial charge in [-0.05, 0) is 24.6 Å². The van der Waals surface area contributed by atoms with E-state index in [1.54, 1.807) is 18.2 Å².